The van der Waals surface area contributed by atoms with Gasteiger partial charge in [-0.3, -0.25) is 0 Å². The van der Waals surface area contributed by atoms with Crippen LogP contribution in [0, 0.1) is 0 Å². The molecule has 0 atom stereocenters. The Hall–Kier alpha value is -4.82. The molecule has 2 nitrogen and oxygen atoms in total. The Morgan fingerprint density at radius 3 is 2.05 bits per heavy atom. The van der Waals surface area contributed by atoms with Gasteiger partial charge in [0.25, 0.3) is 0 Å². The van der Waals surface area contributed by atoms with E-state index in [-0.39, 0.29) is 5.41 Å². The van der Waals surface area contributed by atoms with E-state index < -0.39 is 0 Å². The number of rotatable bonds is 3. The molecule has 8 rings (SSSR count). The fourth-order valence-corrected chi connectivity index (χ4v) is 6.45. The topological polar surface area (TPSA) is 16.4 Å². The van der Waals surface area contributed by atoms with Gasteiger partial charge in [-0.15, -0.1) is 0 Å². The van der Waals surface area contributed by atoms with Gasteiger partial charge < -0.3 is 9.32 Å². The fraction of sp³-hybridized carbons (Fsp3) is 0.0811. The van der Waals surface area contributed by atoms with Crippen LogP contribution in [-0.4, -0.2) is 0 Å². The normalized spacial score (nSPS) is 13.6. The molecule has 39 heavy (non-hydrogen) atoms. The summed E-state index contributed by atoms with van der Waals surface area (Å²) in [6.45, 7) is 4.68. The van der Waals surface area contributed by atoms with Crippen LogP contribution in [0.1, 0.15) is 25.0 Å². The highest BCUT2D eigenvalue weighted by Crippen LogP contribution is 2.50. The summed E-state index contributed by atoms with van der Waals surface area (Å²) in [4.78, 5) is 2.38. The monoisotopic (exact) mass is 501 g/mol. The van der Waals surface area contributed by atoms with Gasteiger partial charge in [0.1, 0.15) is 11.2 Å². The van der Waals surface area contributed by atoms with Gasteiger partial charge in [0.15, 0.2) is 0 Å². The molecule has 0 saturated carbocycles. The third-order valence-electron chi connectivity index (χ3n) is 8.44. The molecule has 0 saturated heterocycles. The molecule has 6 aromatic carbocycles. The van der Waals surface area contributed by atoms with Gasteiger partial charge in [-0.05, 0) is 81.6 Å². The van der Waals surface area contributed by atoms with Crippen LogP contribution >= 0.6 is 0 Å². The summed E-state index contributed by atoms with van der Waals surface area (Å²) in [6, 6.07) is 45.9. The van der Waals surface area contributed by atoms with E-state index >= 15 is 0 Å². The number of anilines is 3. The standard InChI is InChI=1S/C37H27NO/c1-37(2)33-13-7-5-11-29(33)30-19-17-28(23-34(30)37)38(26-16-15-24-9-3-4-10-25(24)21-26)27-18-20-36-32(22-27)31-12-6-8-14-35(31)39-36/h3-23H,1-2H3. The summed E-state index contributed by atoms with van der Waals surface area (Å²) in [5.74, 6) is 0. The number of para-hydroxylation sites is 1. The van der Waals surface area contributed by atoms with E-state index in [1.165, 1.54) is 33.0 Å². The number of fused-ring (bicyclic) bond motifs is 7. The van der Waals surface area contributed by atoms with Crippen molar-refractivity contribution in [2.24, 2.45) is 0 Å². The number of benzene rings is 6. The molecule has 186 valence electrons. The molecule has 2 heteroatoms. The molecule has 0 radical (unpaired) electrons. The zero-order valence-electron chi connectivity index (χ0n) is 22.0. The first kappa shape index (κ1) is 22.2. The second-order valence-corrected chi connectivity index (χ2v) is 11.0. The Morgan fingerprint density at radius 1 is 0.487 bits per heavy atom. The molecule has 1 aliphatic rings. The van der Waals surface area contributed by atoms with Crippen molar-refractivity contribution in [3.05, 3.63) is 139 Å². The zero-order chi connectivity index (χ0) is 26.1. The van der Waals surface area contributed by atoms with Crippen LogP contribution in [0.5, 0.6) is 0 Å². The molecule has 1 aromatic heterocycles. The zero-order valence-corrected chi connectivity index (χ0v) is 22.0. The Bertz CT molecular complexity index is 2060. The van der Waals surface area contributed by atoms with Crippen LogP contribution < -0.4 is 4.90 Å². The van der Waals surface area contributed by atoms with E-state index in [9.17, 15) is 0 Å². The van der Waals surface area contributed by atoms with E-state index in [4.69, 9.17) is 4.42 Å². The van der Waals surface area contributed by atoms with Crippen LogP contribution in [0.2, 0.25) is 0 Å². The molecule has 0 spiro atoms. The lowest BCUT2D eigenvalue weighted by atomic mass is 9.82. The summed E-state index contributed by atoms with van der Waals surface area (Å²) in [6.07, 6.45) is 0. The second-order valence-electron chi connectivity index (χ2n) is 11.0. The molecule has 1 heterocycles. The summed E-state index contributed by atoms with van der Waals surface area (Å²) in [5.41, 5.74) is 10.6. The van der Waals surface area contributed by atoms with Crippen LogP contribution in [0.15, 0.2) is 132 Å². The van der Waals surface area contributed by atoms with Gasteiger partial charge in [0.05, 0.1) is 0 Å². The minimum Gasteiger partial charge on any atom is -0.456 e. The van der Waals surface area contributed by atoms with Gasteiger partial charge in [-0.2, -0.15) is 0 Å². The predicted molar refractivity (Wildman–Crippen MR) is 163 cm³/mol. The fourth-order valence-electron chi connectivity index (χ4n) is 6.45. The van der Waals surface area contributed by atoms with Crippen molar-refractivity contribution in [1.29, 1.82) is 0 Å². The average Bonchev–Trinajstić information content (AvgIpc) is 3.45. The predicted octanol–water partition coefficient (Wildman–Crippen LogP) is 10.5. The van der Waals surface area contributed by atoms with E-state index in [1.807, 2.05) is 12.1 Å². The Kier molecular flexibility index (Phi) is 4.60. The maximum absolute atomic E-state index is 6.16. The first-order valence-electron chi connectivity index (χ1n) is 13.5. The first-order valence-corrected chi connectivity index (χ1v) is 13.5. The van der Waals surface area contributed by atoms with Crippen molar-refractivity contribution in [1.82, 2.24) is 0 Å². The summed E-state index contributed by atoms with van der Waals surface area (Å²) in [7, 11) is 0. The van der Waals surface area contributed by atoms with E-state index in [0.717, 1.165) is 39.0 Å². The van der Waals surface area contributed by atoms with E-state index in [1.54, 1.807) is 0 Å². The van der Waals surface area contributed by atoms with Crippen LogP contribution in [0.25, 0.3) is 43.8 Å². The lowest BCUT2D eigenvalue weighted by Crippen LogP contribution is -2.16. The summed E-state index contributed by atoms with van der Waals surface area (Å²) in [5, 5.41) is 4.73. The maximum Gasteiger partial charge on any atom is 0.135 e. The third kappa shape index (κ3) is 3.28. The minimum absolute atomic E-state index is 0.0678. The quantitative estimate of drug-likeness (QED) is 0.239. The van der Waals surface area contributed by atoms with Crippen molar-refractivity contribution in [3.8, 4) is 11.1 Å². The molecular formula is C37H27NO. The lowest BCUT2D eigenvalue weighted by molar-refractivity contribution is 0.660. The Labute approximate surface area is 227 Å². The Balaban J connectivity index is 1.37. The summed E-state index contributed by atoms with van der Waals surface area (Å²) >= 11 is 0. The van der Waals surface area contributed by atoms with Gasteiger partial charge in [0, 0.05) is 33.2 Å². The third-order valence-corrected chi connectivity index (χ3v) is 8.44. The number of hydrogen-bond donors (Lipinski definition) is 0. The molecule has 0 amide bonds. The molecule has 0 N–H and O–H groups in total. The lowest BCUT2D eigenvalue weighted by Gasteiger charge is -2.28. The highest BCUT2D eigenvalue weighted by atomic mass is 16.3. The highest BCUT2D eigenvalue weighted by molar-refractivity contribution is 6.06. The Morgan fingerprint density at radius 2 is 1.13 bits per heavy atom. The van der Waals surface area contributed by atoms with E-state index in [2.05, 4.69) is 134 Å². The second kappa shape index (κ2) is 8.09. The molecule has 0 fully saturated rings. The van der Waals surface area contributed by atoms with Crippen molar-refractivity contribution in [3.63, 3.8) is 0 Å². The smallest absolute Gasteiger partial charge is 0.135 e. The largest absolute Gasteiger partial charge is 0.456 e. The number of furan rings is 1. The van der Waals surface area contributed by atoms with Gasteiger partial charge >= 0.3 is 0 Å². The molecule has 0 aliphatic heterocycles. The number of hydrogen-bond acceptors (Lipinski definition) is 2. The molecule has 1 aliphatic carbocycles. The van der Waals surface area contributed by atoms with Crippen molar-refractivity contribution < 1.29 is 4.42 Å². The summed E-state index contributed by atoms with van der Waals surface area (Å²) < 4.78 is 6.16. The van der Waals surface area contributed by atoms with Crippen LogP contribution in [0.4, 0.5) is 17.1 Å². The van der Waals surface area contributed by atoms with Crippen molar-refractivity contribution in [2.45, 2.75) is 19.3 Å². The highest BCUT2D eigenvalue weighted by Gasteiger charge is 2.35. The van der Waals surface area contributed by atoms with Crippen LogP contribution in [-0.2, 0) is 5.41 Å². The van der Waals surface area contributed by atoms with E-state index in [0.29, 0.717) is 0 Å². The molecule has 7 aromatic rings. The van der Waals surface area contributed by atoms with Gasteiger partial charge in [0.2, 0.25) is 0 Å². The number of nitrogens with zero attached hydrogens (tertiary/aromatic N) is 1. The molecule has 0 bridgehead atoms. The maximum atomic E-state index is 6.16. The van der Waals surface area contributed by atoms with Crippen molar-refractivity contribution in [2.75, 3.05) is 4.90 Å². The van der Waals surface area contributed by atoms with Crippen LogP contribution in [0.3, 0.4) is 0 Å². The average molecular weight is 502 g/mol. The SMILES string of the molecule is CC1(C)c2ccccc2-c2ccc(N(c3ccc4ccccc4c3)c3ccc4oc5ccccc5c4c3)cc21. The van der Waals surface area contributed by atoms with Gasteiger partial charge in [-0.1, -0.05) is 92.7 Å². The first-order chi connectivity index (χ1) is 19.1. The minimum atomic E-state index is -0.0678. The van der Waals surface area contributed by atoms with Crippen molar-refractivity contribution >= 4 is 49.8 Å². The van der Waals surface area contributed by atoms with Gasteiger partial charge in [-0.25, -0.2) is 0 Å². The molecular weight excluding hydrogens is 474 g/mol. The molecule has 0 unspecified atom stereocenters.